The lowest BCUT2D eigenvalue weighted by molar-refractivity contribution is 0.0927. The van der Waals surface area contributed by atoms with Crippen molar-refractivity contribution >= 4 is 5.91 Å². The molecule has 1 fully saturated rings. The molecule has 0 radical (unpaired) electrons. The van der Waals surface area contributed by atoms with E-state index in [1.54, 1.807) is 7.11 Å². The highest BCUT2D eigenvalue weighted by Crippen LogP contribution is 2.25. The molecule has 1 aliphatic carbocycles. The molecule has 4 rings (SSSR count). The number of amides is 1. The SMILES string of the molecule is COc1ccc(C(=O)NC2CCCCC2)cc1COc1ccc(-c2ccccc2)cc1. The van der Waals surface area contributed by atoms with Crippen molar-refractivity contribution in [3.63, 3.8) is 0 Å². The monoisotopic (exact) mass is 415 g/mol. The lowest BCUT2D eigenvalue weighted by Crippen LogP contribution is -2.36. The second-order valence-corrected chi connectivity index (χ2v) is 8.01. The Labute approximate surface area is 184 Å². The Balaban J connectivity index is 1.42. The summed E-state index contributed by atoms with van der Waals surface area (Å²) in [5.74, 6) is 1.47. The number of nitrogens with one attached hydrogen (secondary N) is 1. The van der Waals surface area contributed by atoms with Crippen molar-refractivity contribution in [1.82, 2.24) is 5.32 Å². The van der Waals surface area contributed by atoms with Crippen LogP contribution in [0.3, 0.4) is 0 Å². The third-order valence-electron chi connectivity index (χ3n) is 5.84. The van der Waals surface area contributed by atoms with Gasteiger partial charge in [-0.15, -0.1) is 0 Å². The normalized spacial score (nSPS) is 14.1. The minimum atomic E-state index is -0.0250. The Morgan fingerprint density at radius 3 is 2.32 bits per heavy atom. The van der Waals surface area contributed by atoms with Gasteiger partial charge in [-0.05, 0) is 54.3 Å². The summed E-state index contributed by atoms with van der Waals surface area (Å²) in [7, 11) is 1.63. The standard InChI is InChI=1S/C27H29NO3/c1-30-26-17-14-22(27(29)28-24-10-6-3-7-11-24)18-23(26)19-31-25-15-12-21(13-16-25)20-8-4-2-5-9-20/h2,4-5,8-9,12-18,24H,3,6-7,10-11,19H2,1H3,(H,28,29). The van der Waals surface area contributed by atoms with Crippen LogP contribution in [-0.4, -0.2) is 19.1 Å². The van der Waals surface area contributed by atoms with Gasteiger partial charge in [0.25, 0.3) is 5.91 Å². The quantitative estimate of drug-likeness (QED) is 0.514. The predicted octanol–water partition coefficient (Wildman–Crippen LogP) is 6.00. The zero-order valence-corrected chi connectivity index (χ0v) is 18.0. The van der Waals surface area contributed by atoms with Gasteiger partial charge in [0.1, 0.15) is 18.1 Å². The minimum absolute atomic E-state index is 0.0250. The lowest BCUT2D eigenvalue weighted by atomic mass is 9.95. The van der Waals surface area contributed by atoms with Gasteiger partial charge in [0.05, 0.1) is 7.11 Å². The van der Waals surface area contributed by atoms with Gasteiger partial charge in [-0.3, -0.25) is 4.79 Å². The zero-order chi connectivity index (χ0) is 21.5. The number of carbonyl (C=O) groups excluding carboxylic acids is 1. The highest BCUT2D eigenvalue weighted by atomic mass is 16.5. The molecule has 0 atom stereocenters. The topological polar surface area (TPSA) is 47.6 Å². The van der Waals surface area contributed by atoms with Crippen molar-refractivity contribution in [2.24, 2.45) is 0 Å². The van der Waals surface area contributed by atoms with Crippen molar-refractivity contribution in [1.29, 1.82) is 0 Å². The van der Waals surface area contributed by atoms with Gasteiger partial charge < -0.3 is 14.8 Å². The molecule has 0 heterocycles. The van der Waals surface area contributed by atoms with Crippen molar-refractivity contribution in [3.05, 3.63) is 83.9 Å². The van der Waals surface area contributed by atoms with Crippen molar-refractivity contribution in [3.8, 4) is 22.6 Å². The van der Waals surface area contributed by atoms with Crippen molar-refractivity contribution in [2.45, 2.75) is 44.8 Å². The molecule has 0 saturated heterocycles. The largest absolute Gasteiger partial charge is 0.496 e. The van der Waals surface area contributed by atoms with Crippen LogP contribution in [0, 0.1) is 0 Å². The highest BCUT2D eigenvalue weighted by molar-refractivity contribution is 5.94. The molecule has 0 bridgehead atoms. The van der Waals surface area contributed by atoms with Crippen LogP contribution < -0.4 is 14.8 Å². The van der Waals surface area contributed by atoms with E-state index < -0.39 is 0 Å². The van der Waals surface area contributed by atoms with E-state index in [1.165, 1.54) is 24.8 Å². The molecule has 0 unspecified atom stereocenters. The summed E-state index contributed by atoms with van der Waals surface area (Å²) >= 11 is 0. The molecular weight excluding hydrogens is 386 g/mol. The van der Waals surface area contributed by atoms with E-state index in [-0.39, 0.29) is 11.9 Å². The van der Waals surface area contributed by atoms with Gasteiger partial charge in [-0.1, -0.05) is 61.7 Å². The van der Waals surface area contributed by atoms with Crippen LogP contribution in [0.1, 0.15) is 48.0 Å². The van der Waals surface area contributed by atoms with Gasteiger partial charge in [0.15, 0.2) is 0 Å². The van der Waals surface area contributed by atoms with Gasteiger partial charge in [0, 0.05) is 17.2 Å². The number of hydrogen-bond acceptors (Lipinski definition) is 3. The van der Waals surface area contributed by atoms with Gasteiger partial charge in [-0.25, -0.2) is 0 Å². The first kappa shape index (κ1) is 21.0. The van der Waals surface area contributed by atoms with Crippen molar-refractivity contribution < 1.29 is 14.3 Å². The Kier molecular flexibility index (Phi) is 6.88. The van der Waals surface area contributed by atoms with E-state index in [0.29, 0.717) is 12.2 Å². The average Bonchev–Trinajstić information content (AvgIpc) is 2.84. The molecule has 3 aromatic rings. The Bertz CT molecular complexity index is 993. The molecule has 0 spiro atoms. The fourth-order valence-electron chi connectivity index (χ4n) is 4.08. The first-order chi connectivity index (χ1) is 15.2. The van der Waals surface area contributed by atoms with Crippen LogP contribution in [0.5, 0.6) is 11.5 Å². The number of rotatable bonds is 7. The Morgan fingerprint density at radius 2 is 1.61 bits per heavy atom. The second kappa shape index (κ2) is 10.2. The number of carbonyl (C=O) groups is 1. The molecule has 0 aromatic heterocycles. The number of benzene rings is 3. The summed E-state index contributed by atoms with van der Waals surface area (Å²) < 4.78 is 11.5. The summed E-state index contributed by atoms with van der Waals surface area (Å²) in [6, 6.07) is 24.1. The van der Waals surface area contributed by atoms with Gasteiger partial charge in [0.2, 0.25) is 0 Å². The molecule has 0 aliphatic heterocycles. The van der Waals surface area contributed by atoms with Crippen LogP contribution in [0.2, 0.25) is 0 Å². The zero-order valence-electron chi connectivity index (χ0n) is 18.0. The van der Waals surface area contributed by atoms with E-state index in [2.05, 4.69) is 29.6 Å². The summed E-state index contributed by atoms with van der Waals surface area (Å²) in [6.45, 7) is 0.332. The second-order valence-electron chi connectivity index (χ2n) is 8.01. The Morgan fingerprint density at radius 1 is 0.903 bits per heavy atom. The van der Waals surface area contributed by atoms with Gasteiger partial charge in [-0.2, -0.15) is 0 Å². The summed E-state index contributed by atoms with van der Waals surface area (Å²) in [4.78, 5) is 12.7. The van der Waals surface area contributed by atoms with E-state index in [9.17, 15) is 4.79 Å². The third-order valence-corrected chi connectivity index (χ3v) is 5.84. The maximum absolute atomic E-state index is 12.7. The first-order valence-electron chi connectivity index (χ1n) is 11.0. The molecule has 1 aliphatic rings. The first-order valence-corrected chi connectivity index (χ1v) is 11.0. The number of hydrogen-bond donors (Lipinski definition) is 1. The molecule has 4 heteroatoms. The van der Waals surface area contributed by atoms with Crippen LogP contribution in [0.15, 0.2) is 72.8 Å². The Hall–Kier alpha value is -3.27. The van der Waals surface area contributed by atoms with Crippen LogP contribution in [0.25, 0.3) is 11.1 Å². The molecule has 31 heavy (non-hydrogen) atoms. The molecule has 3 aromatic carbocycles. The molecule has 4 nitrogen and oxygen atoms in total. The fourth-order valence-corrected chi connectivity index (χ4v) is 4.08. The summed E-state index contributed by atoms with van der Waals surface area (Å²) in [5, 5.41) is 3.17. The smallest absolute Gasteiger partial charge is 0.251 e. The number of ether oxygens (including phenoxy) is 2. The van der Waals surface area contributed by atoms with E-state index in [4.69, 9.17) is 9.47 Å². The molecule has 160 valence electrons. The van der Waals surface area contributed by atoms with Crippen LogP contribution in [-0.2, 0) is 6.61 Å². The van der Waals surface area contributed by atoms with Crippen LogP contribution >= 0.6 is 0 Å². The molecular formula is C27H29NO3. The third kappa shape index (κ3) is 5.46. The maximum atomic E-state index is 12.7. The summed E-state index contributed by atoms with van der Waals surface area (Å²) in [5.41, 5.74) is 3.81. The summed E-state index contributed by atoms with van der Waals surface area (Å²) in [6.07, 6.45) is 5.78. The van der Waals surface area contributed by atoms with Crippen molar-refractivity contribution in [2.75, 3.05) is 7.11 Å². The molecule has 1 saturated carbocycles. The maximum Gasteiger partial charge on any atom is 0.251 e. The highest BCUT2D eigenvalue weighted by Gasteiger charge is 2.18. The van der Waals surface area contributed by atoms with E-state index >= 15 is 0 Å². The van der Waals surface area contributed by atoms with E-state index in [1.807, 2.05) is 48.5 Å². The fraction of sp³-hybridized carbons (Fsp3) is 0.296. The number of methoxy groups -OCH3 is 1. The van der Waals surface area contributed by atoms with E-state index in [0.717, 1.165) is 35.5 Å². The van der Waals surface area contributed by atoms with Crippen LogP contribution in [0.4, 0.5) is 0 Å². The molecule has 1 N–H and O–H groups in total. The lowest BCUT2D eigenvalue weighted by Gasteiger charge is -2.23. The van der Waals surface area contributed by atoms with Gasteiger partial charge >= 0.3 is 0 Å². The minimum Gasteiger partial charge on any atom is -0.496 e. The average molecular weight is 416 g/mol. The predicted molar refractivity (Wildman–Crippen MR) is 124 cm³/mol. The molecule has 1 amide bonds.